The molecule has 6 heteroatoms. The third kappa shape index (κ3) is 2.70. The van der Waals surface area contributed by atoms with Gasteiger partial charge in [-0.3, -0.25) is 4.98 Å². The van der Waals surface area contributed by atoms with Gasteiger partial charge in [-0.05, 0) is 40.4 Å². The summed E-state index contributed by atoms with van der Waals surface area (Å²) in [6.45, 7) is 3.35. The molecule has 1 aromatic heterocycles. The molecule has 0 N–H and O–H groups in total. The zero-order valence-corrected chi connectivity index (χ0v) is 14.2. The van der Waals surface area contributed by atoms with E-state index < -0.39 is 5.82 Å². The number of hydrogen-bond donors (Lipinski definition) is 0. The Labute approximate surface area is 142 Å². The van der Waals surface area contributed by atoms with Crippen LogP contribution in [0.15, 0.2) is 22.8 Å². The lowest BCUT2D eigenvalue weighted by Crippen LogP contribution is -2.40. The summed E-state index contributed by atoms with van der Waals surface area (Å²) in [5, 5.41) is 10.0. The number of rotatable bonds is 2. The molecule has 2 atom stereocenters. The second-order valence-corrected chi connectivity index (χ2v) is 6.76. The van der Waals surface area contributed by atoms with E-state index >= 15 is 0 Å². The molecule has 4 nitrogen and oxygen atoms in total. The smallest absolute Gasteiger partial charge is 0.163 e. The van der Waals surface area contributed by atoms with Crippen molar-refractivity contribution < 1.29 is 9.18 Å². The standard InChI is InChI=1S/C17H15BrFN3O/c1-10-8-22(5-4-11(10)9-23)17-12(6-20)7-21-16-13(17)2-3-14(18)15(16)19/h2-3,7,9-11H,4-5,8H2,1H3. The average Bonchev–Trinajstić information content (AvgIpc) is 2.57. The second kappa shape index (κ2) is 6.25. The molecule has 1 saturated heterocycles. The Balaban J connectivity index is 2.14. The summed E-state index contributed by atoms with van der Waals surface area (Å²) in [6, 6.07) is 5.56. The molecule has 118 valence electrons. The molecule has 1 aliphatic rings. The Morgan fingerprint density at radius 3 is 2.96 bits per heavy atom. The highest BCUT2D eigenvalue weighted by Crippen LogP contribution is 2.36. The van der Waals surface area contributed by atoms with Crippen LogP contribution in [-0.2, 0) is 4.79 Å². The third-order valence-electron chi connectivity index (χ3n) is 4.49. The summed E-state index contributed by atoms with van der Waals surface area (Å²) in [5.74, 6) is -0.198. The maximum Gasteiger partial charge on any atom is 0.163 e. The van der Waals surface area contributed by atoms with Crippen LogP contribution in [0.3, 0.4) is 0 Å². The molecule has 0 saturated carbocycles. The van der Waals surface area contributed by atoms with Crippen molar-refractivity contribution in [3.05, 3.63) is 34.2 Å². The highest BCUT2D eigenvalue weighted by molar-refractivity contribution is 9.10. The van der Waals surface area contributed by atoms with Gasteiger partial charge in [0.05, 0.1) is 15.7 Å². The van der Waals surface area contributed by atoms with Gasteiger partial charge < -0.3 is 9.69 Å². The number of aromatic nitrogens is 1. The minimum Gasteiger partial charge on any atom is -0.370 e. The molecule has 2 aromatic rings. The summed E-state index contributed by atoms with van der Waals surface area (Å²) in [7, 11) is 0. The Morgan fingerprint density at radius 1 is 1.52 bits per heavy atom. The first-order valence-electron chi connectivity index (χ1n) is 7.44. The third-order valence-corrected chi connectivity index (χ3v) is 5.10. The molecular formula is C17H15BrFN3O. The molecule has 0 spiro atoms. The largest absolute Gasteiger partial charge is 0.370 e. The van der Waals surface area contributed by atoms with E-state index in [0.717, 1.165) is 12.7 Å². The van der Waals surface area contributed by atoms with Crippen LogP contribution in [0.4, 0.5) is 10.1 Å². The summed E-state index contributed by atoms with van der Waals surface area (Å²) in [4.78, 5) is 17.3. The average molecular weight is 376 g/mol. The van der Waals surface area contributed by atoms with Crippen LogP contribution < -0.4 is 4.90 Å². The SMILES string of the molecule is CC1CN(c2c(C#N)cnc3c(F)c(Br)ccc23)CCC1C=O. The Hall–Kier alpha value is -2.00. The molecule has 1 aromatic carbocycles. The normalized spacial score (nSPS) is 21.2. The van der Waals surface area contributed by atoms with Crippen LogP contribution in [0.5, 0.6) is 0 Å². The van der Waals surface area contributed by atoms with Crippen LogP contribution in [0.1, 0.15) is 18.9 Å². The monoisotopic (exact) mass is 375 g/mol. The predicted molar refractivity (Wildman–Crippen MR) is 89.7 cm³/mol. The summed E-state index contributed by atoms with van der Waals surface area (Å²) >= 11 is 3.17. The molecule has 1 aliphatic heterocycles. The van der Waals surface area contributed by atoms with Crippen LogP contribution >= 0.6 is 15.9 Å². The van der Waals surface area contributed by atoms with E-state index in [1.54, 1.807) is 12.1 Å². The maximum absolute atomic E-state index is 14.3. The molecule has 0 aliphatic carbocycles. The molecule has 2 unspecified atom stereocenters. The first kappa shape index (κ1) is 15.9. The number of hydrogen-bond acceptors (Lipinski definition) is 4. The van der Waals surface area contributed by atoms with E-state index in [2.05, 4.69) is 31.9 Å². The number of anilines is 1. The lowest BCUT2D eigenvalue weighted by molar-refractivity contribution is -0.112. The van der Waals surface area contributed by atoms with Gasteiger partial charge in [-0.25, -0.2) is 4.39 Å². The van der Waals surface area contributed by atoms with E-state index in [0.29, 0.717) is 34.2 Å². The van der Waals surface area contributed by atoms with Gasteiger partial charge in [0, 0.05) is 30.6 Å². The first-order chi connectivity index (χ1) is 11.1. The molecule has 0 bridgehead atoms. The molecule has 1 fully saturated rings. The highest BCUT2D eigenvalue weighted by Gasteiger charge is 2.28. The summed E-state index contributed by atoms with van der Waals surface area (Å²) < 4.78 is 14.7. The van der Waals surface area contributed by atoms with Gasteiger partial charge in [0.25, 0.3) is 0 Å². The van der Waals surface area contributed by atoms with E-state index in [4.69, 9.17) is 0 Å². The fraction of sp³-hybridized carbons (Fsp3) is 0.353. The fourth-order valence-corrected chi connectivity index (χ4v) is 3.50. The molecule has 3 rings (SSSR count). The topological polar surface area (TPSA) is 57.0 Å². The van der Waals surface area contributed by atoms with E-state index in [1.165, 1.54) is 6.20 Å². The molecule has 0 radical (unpaired) electrons. The number of nitriles is 1. The predicted octanol–water partition coefficient (Wildman–Crippen LogP) is 3.67. The quantitative estimate of drug-likeness (QED) is 0.751. The Kier molecular flexibility index (Phi) is 4.31. The number of carbonyl (C=O) groups excluding carboxylic acids is 1. The number of fused-ring (bicyclic) bond motifs is 1. The zero-order valence-electron chi connectivity index (χ0n) is 12.6. The number of nitrogens with zero attached hydrogens (tertiary/aromatic N) is 3. The van der Waals surface area contributed by atoms with Gasteiger partial charge in [0.1, 0.15) is 17.9 Å². The van der Waals surface area contributed by atoms with Crippen molar-refractivity contribution >= 4 is 38.8 Å². The molecule has 0 amide bonds. The van der Waals surface area contributed by atoms with Gasteiger partial charge >= 0.3 is 0 Å². The van der Waals surface area contributed by atoms with E-state index in [9.17, 15) is 14.4 Å². The summed E-state index contributed by atoms with van der Waals surface area (Å²) in [5.41, 5.74) is 1.38. The number of halogens is 2. The van der Waals surface area contributed by atoms with Crippen molar-refractivity contribution in [1.29, 1.82) is 5.26 Å². The highest BCUT2D eigenvalue weighted by atomic mass is 79.9. The minimum atomic E-state index is -0.427. The Morgan fingerprint density at radius 2 is 2.30 bits per heavy atom. The van der Waals surface area contributed by atoms with E-state index in [1.807, 2.05) is 6.92 Å². The number of benzene rings is 1. The summed E-state index contributed by atoms with van der Waals surface area (Å²) in [6.07, 6.45) is 3.16. The van der Waals surface area contributed by atoms with Gasteiger partial charge in [-0.15, -0.1) is 0 Å². The molecular weight excluding hydrogens is 361 g/mol. The van der Waals surface area contributed by atoms with Crippen molar-refractivity contribution in [2.45, 2.75) is 13.3 Å². The minimum absolute atomic E-state index is 0.0377. The number of piperidine rings is 1. The first-order valence-corrected chi connectivity index (χ1v) is 8.23. The van der Waals surface area contributed by atoms with Crippen LogP contribution in [0.25, 0.3) is 10.9 Å². The van der Waals surface area contributed by atoms with Crippen molar-refractivity contribution in [3.8, 4) is 6.07 Å². The Bertz CT molecular complexity index is 818. The van der Waals surface area contributed by atoms with Gasteiger partial charge in [0.15, 0.2) is 5.82 Å². The maximum atomic E-state index is 14.3. The lowest BCUT2D eigenvalue weighted by atomic mass is 9.87. The molecule has 23 heavy (non-hydrogen) atoms. The zero-order chi connectivity index (χ0) is 16.6. The van der Waals surface area contributed by atoms with E-state index in [-0.39, 0.29) is 17.4 Å². The van der Waals surface area contributed by atoms with Crippen molar-refractivity contribution in [2.24, 2.45) is 11.8 Å². The van der Waals surface area contributed by atoms with Crippen molar-refractivity contribution in [3.63, 3.8) is 0 Å². The van der Waals surface area contributed by atoms with Gasteiger partial charge in [-0.2, -0.15) is 5.26 Å². The van der Waals surface area contributed by atoms with Gasteiger partial charge in [-0.1, -0.05) is 6.92 Å². The number of pyridine rings is 1. The van der Waals surface area contributed by atoms with Crippen molar-refractivity contribution in [2.75, 3.05) is 18.0 Å². The fourth-order valence-electron chi connectivity index (χ4n) is 3.18. The van der Waals surface area contributed by atoms with Crippen LogP contribution in [0, 0.1) is 29.0 Å². The second-order valence-electron chi connectivity index (χ2n) is 5.90. The van der Waals surface area contributed by atoms with Crippen LogP contribution in [0.2, 0.25) is 0 Å². The molecule has 2 heterocycles. The number of aldehydes is 1. The number of carbonyl (C=O) groups is 1. The van der Waals surface area contributed by atoms with Gasteiger partial charge in [0.2, 0.25) is 0 Å². The lowest BCUT2D eigenvalue weighted by Gasteiger charge is -2.37. The van der Waals surface area contributed by atoms with Crippen molar-refractivity contribution in [1.82, 2.24) is 4.98 Å². The van der Waals surface area contributed by atoms with Crippen LogP contribution in [-0.4, -0.2) is 24.4 Å².